The third-order valence-electron chi connectivity index (χ3n) is 4.16. The molecule has 4 nitrogen and oxygen atoms in total. The van der Waals surface area contributed by atoms with Crippen molar-refractivity contribution in [1.29, 1.82) is 0 Å². The van der Waals surface area contributed by atoms with E-state index in [0.29, 0.717) is 5.56 Å². The van der Waals surface area contributed by atoms with Gasteiger partial charge in [0.25, 0.3) is 11.6 Å². The lowest BCUT2D eigenvalue weighted by molar-refractivity contribution is -0.297. The SMILES string of the molecule is Cc1ccc(C(=O)N2N=C(c3ccc(F)cc3)C[C@]2(O)C(F)(F)F)c(Cl)c1. The number of benzene rings is 2. The van der Waals surface area contributed by atoms with Crippen LogP contribution in [0.5, 0.6) is 0 Å². The Bertz CT molecular complexity index is 928. The first-order chi connectivity index (χ1) is 12.5. The van der Waals surface area contributed by atoms with Crippen LogP contribution in [0.15, 0.2) is 47.6 Å². The number of aryl methyl sites for hydroxylation is 1. The van der Waals surface area contributed by atoms with Gasteiger partial charge in [0.15, 0.2) is 0 Å². The maximum atomic E-state index is 13.6. The van der Waals surface area contributed by atoms with Crippen molar-refractivity contribution in [2.45, 2.75) is 25.2 Å². The van der Waals surface area contributed by atoms with Crippen LogP contribution in [0, 0.1) is 12.7 Å². The summed E-state index contributed by atoms with van der Waals surface area (Å²) in [6.45, 7) is 1.70. The Morgan fingerprint density at radius 3 is 2.41 bits per heavy atom. The van der Waals surface area contributed by atoms with Gasteiger partial charge < -0.3 is 5.11 Å². The maximum Gasteiger partial charge on any atom is 0.438 e. The highest BCUT2D eigenvalue weighted by Gasteiger charge is 2.63. The Morgan fingerprint density at radius 2 is 1.85 bits per heavy atom. The molecule has 0 fully saturated rings. The Kier molecular flexibility index (Phi) is 4.73. The van der Waals surface area contributed by atoms with Crippen molar-refractivity contribution in [3.63, 3.8) is 0 Å². The summed E-state index contributed by atoms with van der Waals surface area (Å²) >= 11 is 5.98. The second-order valence-electron chi connectivity index (χ2n) is 6.14. The molecule has 0 radical (unpaired) electrons. The van der Waals surface area contributed by atoms with E-state index in [1.165, 1.54) is 30.3 Å². The molecule has 1 aliphatic rings. The van der Waals surface area contributed by atoms with Crippen molar-refractivity contribution < 1.29 is 27.5 Å². The molecule has 9 heteroatoms. The van der Waals surface area contributed by atoms with E-state index < -0.39 is 30.0 Å². The van der Waals surface area contributed by atoms with Crippen molar-refractivity contribution in [3.05, 3.63) is 70.0 Å². The van der Waals surface area contributed by atoms with Gasteiger partial charge in [-0.15, -0.1) is 0 Å². The highest BCUT2D eigenvalue weighted by molar-refractivity contribution is 6.34. The summed E-state index contributed by atoms with van der Waals surface area (Å²) in [4.78, 5) is 12.7. The normalized spacial score (nSPS) is 20.0. The third-order valence-corrected chi connectivity index (χ3v) is 4.48. The molecule has 0 aromatic heterocycles. The minimum atomic E-state index is -5.18. The van der Waals surface area contributed by atoms with E-state index in [-0.39, 0.29) is 26.9 Å². The number of carbonyl (C=O) groups is 1. The average Bonchev–Trinajstić information content (AvgIpc) is 2.94. The van der Waals surface area contributed by atoms with E-state index in [0.717, 1.165) is 12.1 Å². The fraction of sp³-hybridized carbons (Fsp3) is 0.222. The van der Waals surface area contributed by atoms with E-state index in [9.17, 15) is 27.5 Å². The molecule has 1 heterocycles. The van der Waals surface area contributed by atoms with Crippen molar-refractivity contribution in [3.8, 4) is 0 Å². The standard InChI is InChI=1S/C18H13ClF4N2O2/c1-10-2-7-13(14(19)8-10)16(26)25-17(27,18(21,22)23)9-15(24-25)11-3-5-12(20)6-4-11/h2-8,27H,9H2,1H3/t17-/m0/s1. The molecule has 1 atom stereocenters. The highest BCUT2D eigenvalue weighted by atomic mass is 35.5. The number of amides is 1. The van der Waals surface area contributed by atoms with Crippen LogP contribution in [-0.4, -0.2) is 33.6 Å². The van der Waals surface area contributed by atoms with Crippen LogP contribution in [0.4, 0.5) is 17.6 Å². The Balaban J connectivity index is 2.07. The van der Waals surface area contributed by atoms with E-state index >= 15 is 0 Å². The quantitative estimate of drug-likeness (QED) is 0.765. The van der Waals surface area contributed by atoms with Gasteiger partial charge in [0, 0.05) is 0 Å². The van der Waals surface area contributed by atoms with Crippen LogP contribution in [0.3, 0.4) is 0 Å². The van der Waals surface area contributed by atoms with Gasteiger partial charge in [-0.2, -0.15) is 23.3 Å². The largest absolute Gasteiger partial charge is 0.438 e. The first-order valence-electron chi connectivity index (χ1n) is 7.76. The van der Waals surface area contributed by atoms with E-state index in [1.807, 2.05) is 0 Å². The lowest BCUT2D eigenvalue weighted by Crippen LogP contribution is -2.56. The molecule has 1 aliphatic heterocycles. The molecule has 0 spiro atoms. The number of carbonyl (C=O) groups excluding carboxylic acids is 1. The number of rotatable bonds is 2. The lowest BCUT2D eigenvalue weighted by Gasteiger charge is -2.32. The predicted molar refractivity (Wildman–Crippen MR) is 90.9 cm³/mol. The number of halogens is 5. The molecule has 0 unspecified atom stereocenters. The number of hydrazone groups is 1. The molecule has 0 bridgehead atoms. The summed E-state index contributed by atoms with van der Waals surface area (Å²) in [6, 6.07) is 8.73. The first kappa shape index (κ1) is 19.3. The molecule has 1 amide bonds. The van der Waals surface area contributed by atoms with E-state index in [2.05, 4.69) is 5.10 Å². The summed E-state index contributed by atoms with van der Waals surface area (Å²) in [6.07, 6.45) is -6.16. The van der Waals surface area contributed by atoms with Gasteiger partial charge >= 0.3 is 6.18 Å². The molecule has 2 aromatic rings. The molecule has 3 rings (SSSR count). The van der Waals surface area contributed by atoms with Gasteiger partial charge in [-0.3, -0.25) is 4.79 Å². The zero-order valence-corrected chi connectivity index (χ0v) is 14.6. The molecule has 1 N–H and O–H groups in total. The fourth-order valence-corrected chi connectivity index (χ4v) is 3.01. The third kappa shape index (κ3) is 3.42. The number of hydrogen-bond acceptors (Lipinski definition) is 3. The van der Waals surface area contributed by atoms with Crippen LogP contribution >= 0.6 is 11.6 Å². The predicted octanol–water partition coefficient (Wildman–Crippen LogP) is 4.29. The molecule has 142 valence electrons. The molecule has 0 saturated carbocycles. The van der Waals surface area contributed by atoms with Gasteiger partial charge in [0.1, 0.15) is 5.82 Å². The Morgan fingerprint density at radius 1 is 1.22 bits per heavy atom. The summed E-state index contributed by atoms with van der Waals surface area (Å²) in [5.41, 5.74) is -3.11. The van der Waals surface area contributed by atoms with Crippen LogP contribution in [0.2, 0.25) is 5.02 Å². The van der Waals surface area contributed by atoms with Crippen molar-refractivity contribution in [2.75, 3.05) is 0 Å². The second kappa shape index (κ2) is 6.61. The van der Waals surface area contributed by atoms with Gasteiger partial charge in [-0.1, -0.05) is 29.8 Å². The van der Waals surface area contributed by atoms with Crippen molar-refractivity contribution >= 4 is 23.2 Å². The number of nitrogens with zero attached hydrogens (tertiary/aromatic N) is 2. The smallest absolute Gasteiger partial charge is 0.362 e. The van der Waals surface area contributed by atoms with Crippen molar-refractivity contribution in [1.82, 2.24) is 5.01 Å². The molecular formula is C18H13ClF4N2O2. The van der Waals surface area contributed by atoms with Crippen LogP contribution < -0.4 is 0 Å². The molecular weight excluding hydrogens is 388 g/mol. The Hall–Kier alpha value is -2.45. The van der Waals surface area contributed by atoms with Crippen LogP contribution in [0.25, 0.3) is 0 Å². The summed E-state index contributed by atoms with van der Waals surface area (Å²) in [5, 5.41) is 13.9. The van der Waals surface area contributed by atoms with Gasteiger partial charge in [-0.05, 0) is 42.3 Å². The van der Waals surface area contributed by atoms with Crippen LogP contribution in [-0.2, 0) is 0 Å². The Labute approximate surface area is 156 Å². The molecule has 0 saturated heterocycles. The average molecular weight is 401 g/mol. The van der Waals surface area contributed by atoms with Gasteiger partial charge in [0.05, 0.1) is 22.7 Å². The molecule has 2 aromatic carbocycles. The van der Waals surface area contributed by atoms with Crippen molar-refractivity contribution in [2.24, 2.45) is 5.10 Å². The zero-order chi connectivity index (χ0) is 20.0. The maximum absolute atomic E-state index is 13.6. The summed E-state index contributed by atoms with van der Waals surface area (Å²) in [5.74, 6) is -1.78. The number of alkyl halides is 3. The highest BCUT2D eigenvalue weighted by Crippen LogP contribution is 2.42. The lowest BCUT2D eigenvalue weighted by atomic mass is 10.0. The van der Waals surface area contributed by atoms with Gasteiger partial charge in [0.2, 0.25) is 0 Å². The zero-order valence-electron chi connectivity index (χ0n) is 13.9. The monoisotopic (exact) mass is 400 g/mol. The molecule has 0 aliphatic carbocycles. The summed E-state index contributed by atoms with van der Waals surface area (Å²) in [7, 11) is 0. The van der Waals surface area contributed by atoms with Gasteiger partial charge in [-0.25, -0.2) is 4.39 Å². The van der Waals surface area contributed by atoms with E-state index in [4.69, 9.17) is 11.6 Å². The van der Waals surface area contributed by atoms with Crippen LogP contribution in [0.1, 0.15) is 27.9 Å². The minimum absolute atomic E-state index is 0.0117. The summed E-state index contributed by atoms with van der Waals surface area (Å²) < 4.78 is 53.8. The second-order valence-corrected chi connectivity index (χ2v) is 6.55. The van der Waals surface area contributed by atoms with E-state index in [1.54, 1.807) is 6.92 Å². The topological polar surface area (TPSA) is 52.9 Å². The number of hydrogen-bond donors (Lipinski definition) is 1. The molecule has 27 heavy (non-hydrogen) atoms. The fourth-order valence-electron chi connectivity index (χ4n) is 2.69. The minimum Gasteiger partial charge on any atom is -0.362 e. The number of aliphatic hydroxyl groups is 1. The first-order valence-corrected chi connectivity index (χ1v) is 8.14.